The van der Waals surface area contributed by atoms with Crippen molar-refractivity contribution < 1.29 is 0 Å². The first-order valence-electron chi connectivity index (χ1n) is 6.14. The molecule has 1 aromatic rings. The van der Waals surface area contributed by atoms with E-state index in [2.05, 4.69) is 47.2 Å². The fourth-order valence-electron chi connectivity index (χ4n) is 2.25. The fraction of sp³-hybridized carbons (Fsp3) is 0.692. The lowest BCUT2D eigenvalue weighted by Crippen LogP contribution is -2.26. The highest BCUT2D eigenvalue weighted by molar-refractivity contribution is 9.11. The van der Waals surface area contributed by atoms with Gasteiger partial charge in [0.15, 0.2) is 0 Å². The molecule has 90 valence electrons. The topological polar surface area (TPSA) is 12.0 Å². The molecule has 16 heavy (non-hydrogen) atoms. The fourth-order valence-corrected chi connectivity index (χ4v) is 3.70. The van der Waals surface area contributed by atoms with Gasteiger partial charge in [-0.3, -0.25) is 0 Å². The molecule has 0 radical (unpaired) electrons. The molecule has 0 aliphatic heterocycles. The van der Waals surface area contributed by atoms with Gasteiger partial charge < -0.3 is 5.32 Å². The van der Waals surface area contributed by atoms with E-state index in [9.17, 15) is 0 Å². The van der Waals surface area contributed by atoms with Gasteiger partial charge in [-0.05, 0) is 59.7 Å². The van der Waals surface area contributed by atoms with Gasteiger partial charge in [-0.2, -0.15) is 0 Å². The summed E-state index contributed by atoms with van der Waals surface area (Å²) in [7, 11) is 0. The summed E-state index contributed by atoms with van der Waals surface area (Å²) in [6.45, 7) is 5.75. The van der Waals surface area contributed by atoms with Crippen LogP contribution in [0.15, 0.2) is 15.9 Å². The molecule has 1 fully saturated rings. The Balaban J connectivity index is 1.82. The second kappa shape index (κ2) is 5.19. The van der Waals surface area contributed by atoms with Crippen LogP contribution < -0.4 is 5.32 Å². The minimum Gasteiger partial charge on any atom is -0.309 e. The Kier molecular flexibility index (Phi) is 4.09. The zero-order valence-corrected chi connectivity index (χ0v) is 12.5. The average Bonchev–Trinajstić information content (AvgIpc) is 2.89. The summed E-state index contributed by atoms with van der Waals surface area (Å²) >= 11 is 5.35. The van der Waals surface area contributed by atoms with Gasteiger partial charge >= 0.3 is 0 Å². The van der Waals surface area contributed by atoms with E-state index in [1.807, 2.05) is 11.3 Å². The molecule has 1 atom stereocenters. The van der Waals surface area contributed by atoms with Gasteiger partial charge in [0.2, 0.25) is 0 Å². The van der Waals surface area contributed by atoms with E-state index in [-0.39, 0.29) is 0 Å². The molecule has 1 heterocycles. The molecule has 0 bridgehead atoms. The molecule has 1 nitrogen and oxygen atoms in total. The predicted molar refractivity (Wildman–Crippen MR) is 75.0 cm³/mol. The minimum absolute atomic E-state index is 0.491. The first-order chi connectivity index (χ1) is 7.65. The molecule has 2 rings (SSSR count). The zero-order valence-electron chi connectivity index (χ0n) is 10.1. The maximum atomic E-state index is 3.69. The second-order valence-electron chi connectivity index (χ2n) is 4.99. The van der Waals surface area contributed by atoms with E-state index < -0.39 is 0 Å². The molecule has 1 N–H and O–H groups in total. The molecule has 1 aliphatic carbocycles. The summed E-state index contributed by atoms with van der Waals surface area (Å²) in [5, 5.41) is 3.69. The molecule has 1 aromatic heterocycles. The molecule has 0 saturated heterocycles. The van der Waals surface area contributed by atoms with Crippen LogP contribution >= 0.6 is 27.3 Å². The van der Waals surface area contributed by atoms with E-state index in [0.717, 1.165) is 0 Å². The maximum Gasteiger partial charge on any atom is 0.0701 e. The van der Waals surface area contributed by atoms with E-state index in [0.29, 0.717) is 11.5 Å². The maximum absolute atomic E-state index is 3.69. The summed E-state index contributed by atoms with van der Waals surface area (Å²) < 4.78 is 1.23. The summed E-state index contributed by atoms with van der Waals surface area (Å²) in [5.74, 6) is 0. The van der Waals surface area contributed by atoms with Crippen molar-refractivity contribution in [2.24, 2.45) is 5.41 Å². The molecule has 0 spiro atoms. The lowest BCUT2D eigenvalue weighted by molar-refractivity contribution is 0.399. The van der Waals surface area contributed by atoms with Crippen LogP contribution in [0.5, 0.6) is 0 Å². The van der Waals surface area contributed by atoms with Gasteiger partial charge in [-0.15, -0.1) is 11.3 Å². The molecule has 0 amide bonds. The monoisotopic (exact) mass is 301 g/mol. The predicted octanol–water partition coefficient (Wildman–Crippen LogP) is 4.74. The van der Waals surface area contributed by atoms with E-state index >= 15 is 0 Å². The lowest BCUT2D eigenvalue weighted by atomic mass is 10.0. The van der Waals surface area contributed by atoms with E-state index in [1.54, 1.807) is 0 Å². The SMILES string of the molecule is CCCC1(CNC(C)c2ccc(Br)s2)CC1. The number of hydrogen-bond donors (Lipinski definition) is 1. The highest BCUT2D eigenvalue weighted by Gasteiger charge is 2.41. The first kappa shape index (κ1) is 12.6. The van der Waals surface area contributed by atoms with Crippen LogP contribution in [-0.2, 0) is 0 Å². The minimum atomic E-state index is 0.491. The van der Waals surface area contributed by atoms with Crippen molar-refractivity contribution in [2.45, 2.75) is 45.6 Å². The van der Waals surface area contributed by atoms with Crippen LogP contribution in [0.1, 0.15) is 50.4 Å². The molecule has 1 saturated carbocycles. The standard InChI is InChI=1S/C13H20BrNS/c1-3-6-13(7-8-13)9-15-10(2)11-4-5-12(14)16-11/h4-5,10,15H,3,6-9H2,1-2H3. The molecule has 1 unspecified atom stereocenters. The molecule has 3 heteroatoms. The molecular weight excluding hydrogens is 282 g/mol. The van der Waals surface area contributed by atoms with Crippen LogP contribution in [0, 0.1) is 5.41 Å². The summed E-state index contributed by atoms with van der Waals surface area (Å²) in [6, 6.07) is 4.84. The van der Waals surface area contributed by atoms with Crippen molar-refractivity contribution >= 4 is 27.3 Å². The Hall–Kier alpha value is 0.140. The van der Waals surface area contributed by atoms with E-state index in [4.69, 9.17) is 0 Å². The second-order valence-corrected chi connectivity index (χ2v) is 7.49. The third-order valence-electron chi connectivity index (χ3n) is 3.54. The summed E-state index contributed by atoms with van der Waals surface area (Å²) in [4.78, 5) is 1.43. The number of hydrogen-bond acceptors (Lipinski definition) is 2. The normalized spacial score (nSPS) is 19.7. The van der Waals surface area contributed by atoms with Crippen molar-refractivity contribution in [1.82, 2.24) is 5.32 Å². The Morgan fingerprint density at radius 1 is 1.50 bits per heavy atom. The Bertz CT molecular complexity index is 343. The average molecular weight is 302 g/mol. The number of halogens is 1. The summed E-state index contributed by atoms with van der Waals surface area (Å²) in [6.07, 6.45) is 5.56. The van der Waals surface area contributed by atoms with Crippen LogP contribution in [-0.4, -0.2) is 6.54 Å². The van der Waals surface area contributed by atoms with Gasteiger partial charge in [-0.1, -0.05) is 13.3 Å². The van der Waals surface area contributed by atoms with Gasteiger partial charge in [0.25, 0.3) is 0 Å². The summed E-state index contributed by atoms with van der Waals surface area (Å²) in [5.41, 5.74) is 0.650. The number of rotatable bonds is 6. The number of nitrogens with one attached hydrogen (secondary N) is 1. The van der Waals surface area contributed by atoms with Crippen LogP contribution in [0.25, 0.3) is 0 Å². The van der Waals surface area contributed by atoms with Crippen molar-refractivity contribution in [2.75, 3.05) is 6.54 Å². The Morgan fingerprint density at radius 3 is 2.75 bits per heavy atom. The third-order valence-corrected chi connectivity index (χ3v) is 5.35. The van der Waals surface area contributed by atoms with Crippen LogP contribution in [0.4, 0.5) is 0 Å². The van der Waals surface area contributed by atoms with E-state index in [1.165, 1.54) is 40.9 Å². The van der Waals surface area contributed by atoms with Crippen molar-refractivity contribution in [3.8, 4) is 0 Å². The molecule has 0 aromatic carbocycles. The van der Waals surface area contributed by atoms with Crippen LogP contribution in [0.3, 0.4) is 0 Å². The molecule has 1 aliphatic rings. The van der Waals surface area contributed by atoms with Crippen LogP contribution in [0.2, 0.25) is 0 Å². The van der Waals surface area contributed by atoms with Gasteiger partial charge in [-0.25, -0.2) is 0 Å². The van der Waals surface area contributed by atoms with Crippen molar-refractivity contribution in [3.05, 3.63) is 20.8 Å². The highest BCUT2D eigenvalue weighted by Crippen LogP contribution is 2.49. The van der Waals surface area contributed by atoms with Gasteiger partial charge in [0.05, 0.1) is 3.79 Å². The zero-order chi connectivity index (χ0) is 11.6. The largest absolute Gasteiger partial charge is 0.309 e. The first-order valence-corrected chi connectivity index (χ1v) is 7.75. The smallest absolute Gasteiger partial charge is 0.0701 e. The van der Waals surface area contributed by atoms with Gasteiger partial charge in [0.1, 0.15) is 0 Å². The highest BCUT2D eigenvalue weighted by atomic mass is 79.9. The number of thiophene rings is 1. The third kappa shape index (κ3) is 3.08. The molecular formula is C13H20BrNS. The lowest BCUT2D eigenvalue weighted by Gasteiger charge is -2.18. The Labute approximate surface area is 111 Å². The van der Waals surface area contributed by atoms with Crippen molar-refractivity contribution in [1.29, 1.82) is 0 Å². The van der Waals surface area contributed by atoms with Crippen molar-refractivity contribution in [3.63, 3.8) is 0 Å². The van der Waals surface area contributed by atoms with Gasteiger partial charge in [0, 0.05) is 17.5 Å². The quantitative estimate of drug-likeness (QED) is 0.800. The Morgan fingerprint density at radius 2 is 2.25 bits per heavy atom.